The Morgan fingerprint density at radius 3 is 2.75 bits per heavy atom. The standard InChI is InChI=1S/C19H14N4O4S/c1-10-16(28-23-22-10)17(24)21-19-20-14-9-11(7-8-15(14)27-19)12-5-3-4-6-13(12)18(25)26-2/h3-9H,1-2H3,(H,20,21,24). The Kier molecular flexibility index (Phi) is 4.58. The maximum absolute atomic E-state index is 12.3. The summed E-state index contributed by atoms with van der Waals surface area (Å²) in [6, 6.07) is 12.6. The second-order valence-electron chi connectivity index (χ2n) is 5.88. The molecule has 0 aliphatic rings. The third-order valence-electron chi connectivity index (χ3n) is 4.11. The number of methoxy groups -OCH3 is 1. The van der Waals surface area contributed by atoms with Gasteiger partial charge in [-0.25, -0.2) is 4.79 Å². The Morgan fingerprint density at radius 2 is 2.00 bits per heavy atom. The fraction of sp³-hybridized carbons (Fsp3) is 0.105. The van der Waals surface area contributed by atoms with Gasteiger partial charge in [-0.1, -0.05) is 28.8 Å². The van der Waals surface area contributed by atoms with Gasteiger partial charge in [-0.15, -0.1) is 5.10 Å². The second-order valence-corrected chi connectivity index (χ2v) is 6.63. The maximum Gasteiger partial charge on any atom is 0.338 e. The van der Waals surface area contributed by atoms with E-state index >= 15 is 0 Å². The molecule has 4 aromatic rings. The van der Waals surface area contributed by atoms with Crippen LogP contribution in [0.15, 0.2) is 46.9 Å². The summed E-state index contributed by atoms with van der Waals surface area (Å²) < 4.78 is 14.2. The third-order valence-corrected chi connectivity index (χ3v) is 4.94. The van der Waals surface area contributed by atoms with Gasteiger partial charge in [0.1, 0.15) is 10.4 Å². The van der Waals surface area contributed by atoms with Crippen LogP contribution in [0.2, 0.25) is 0 Å². The highest BCUT2D eigenvalue weighted by atomic mass is 32.1. The van der Waals surface area contributed by atoms with Crippen LogP contribution in [0.3, 0.4) is 0 Å². The van der Waals surface area contributed by atoms with Crippen molar-refractivity contribution in [3.05, 3.63) is 58.6 Å². The third kappa shape index (κ3) is 3.23. The number of fused-ring (bicyclic) bond motifs is 1. The minimum Gasteiger partial charge on any atom is -0.465 e. The molecule has 2 aromatic carbocycles. The van der Waals surface area contributed by atoms with Crippen molar-refractivity contribution in [2.45, 2.75) is 6.92 Å². The van der Waals surface area contributed by atoms with Crippen LogP contribution >= 0.6 is 11.5 Å². The topological polar surface area (TPSA) is 107 Å². The average Bonchev–Trinajstić information content (AvgIpc) is 3.32. The summed E-state index contributed by atoms with van der Waals surface area (Å²) in [7, 11) is 1.34. The lowest BCUT2D eigenvalue weighted by Crippen LogP contribution is -2.11. The maximum atomic E-state index is 12.3. The zero-order valence-corrected chi connectivity index (χ0v) is 15.7. The van der Waals surface area contributed by atoms with E-state index in [2.05, 4.69) is 19.9 Å². The molecule has 0 saturated heterocycles. The van der Waals surface area contributed by atoms with Gasteiger partial charge in [-0.2, -0.15) is 4.98 Å². The van der Waals surface area contributed by atoms with Gasteiger partial charge in [0.05, 0.1) is 18.4 Å². The van der Waals surface area contributed by atoms with Crippen LogP contribution in [0.1, 0.15) is 25.7 Å². The molecule has 0 atom stereocenters. The molecule has 1 amide bonds. The Labute approximate surface area is 163 Å². The molecule has 0 unspecified atom stereocenters. The predicted molar refractivity (Wildman–Crippen MR) is 103 cm³/mol. The average molecular weight is 394 g/mol. The Morgan fingerprint density at radius 1 is 1.18 bits per heavy atom. The van der Waals surface area contributed by atoms with E-state index in [1.165, 1.54) is 7.11 Å². The van der Waals surface area contributed by atoms with Crippen LogP contribution in [-0.4, -0.2) is 33.6 Å². The first kappa shape index (κ1) is 17.8. The number of esters is 1. The van der Waals surface area contributed by atoms with Gasteiger partial charge in [0.2, 0.25) is 0 Å². The summed E-state index contributed by atoms with van der Waals surface area (Å²) in [5.74, 6) is -0.798. The zero-order chi connectivity index (χ0) is 19.7. The molecule has 0 saturated carbocycles. The molecule has 0 aliphatic heterocycles. The fourth-order valence-electron chi connectivity index (χ4n) is 2.76. The number of aryl methyl sites for hydroxylation is 1. The number of ether oxygens (including phenoxy) is 1. The number of hydrogen-bond acceptors (Lipinski definition) is 8. The lowest BCUT2D eigenvalue weighted by molar-refractivity contribution is 0.0601. The minimum atomic E-state index is -0.419. The number of amides is 1. The predicted octanol–water partition coefficient (Wildman–Crippen LogP) is 3.69. The Balaban J connectivity index is 1.67. The summed E-state index contributed by atoms with van der Waals surface area (Å²) in [6.45, 7) is 1.70. The number of carbonyl (C=O) groups excluding carboxylic acids is 2. The number of benzene rings is 2. The summed E-state index contributed by atoms with van der Waals surface area (Å²) in [5.41, 5.74) is 3.55. The summed E-state index contributed by atoms with van der Waals surface area (Å²) >= 11 is 1.00. The molecule has 0 radical (unpaired) electrons. The summed E-state index contributed by atoms with van der Waals surface area (Å²) in [5, 5.41) is 6.43. The van der Waals surface area contributed by atoms with Gasteiger partial charge < -0.3 is 9.15 Å². The van der Waals surface area contributed by atoms with E-state index in [0.29, 0.717) is 27.2 Å². The molecule has 0 fully saturated rings. The molecule has 28 heavy (non-hydrogen) atoms. The van der Waals surface area contributed by atoms with Crippen LogP contribution in [0.4, 0.5) is 6.01 Å². The molecule has 8 nitrogen and oxygen atoms in total. The molecule has 140 valence electrons. The van der Waals surface area contributed by atoms with E-state index in [-0.39, 0.29) is 11.9 Å². The number of rotatable bonds is 4. The first-order chi connectivity index (χ1) is 13.6. The number of carbonyl (C=O) groups is 2. The van der Waals surface area contributed by atoms with Crippen molar-refractivity contribution >= 4 is 40.5 Å². The van der Waals surface area contributed by atoms with Crippen molar-refractivity contribution in [1.29, 1.82) is 0 Å². The summed E-state index contributed by atoms with van der Waals surface area (Å²) in [6.07, 6.45) is 0. The molecule has 2 heterocycles. The van der Waals surface area contributed by atoms with E-state index in [4.69, 9.17) is 9.15 Å². The van der Waals surface area contributed by atoms with Crippen LogP contribution in [0.5, 0.6) is 0 Å². The van der Waals surface area contributed by atoms with Gasteiger partial charge in [-0.3, -0.25) is 10.1 Å². The van der Waals surface area contributed by atoms with Crippen molar-refractivity contribution in [2.24, 2.45) is 0 Å². The fourth-order valence-corrected chi connectivity index (χ4v) is 3.32. The molecule has 0 aliphatic carbocycles. The Bertz CT molecular complexity index is 1200. The van der Waals surface area contributed by atoms with E-state index in [9.17, 15) is 9.59 Å². The zero-order valence-electron chi connectivity index (χ0n) is 14.9. The van der Waals surface area contributed by atoms with E-state index in [1.807, 2.05) is 18.2 Å². The molecule has 1 N–H and O–H groups in total. The first-order valence-electron chi connectivity index (χ1n) is 8.25. The van der Waals surface area contributed by atoms with Gasteiger partial charge >= 0.3 is 12.0 Å². The molecular weight excluding hydrogens is 380 g/mol. The normalized spacial score (nSPS) is 10.8. The van der Waals surface area contributed by atoms with Gasteiger partial charge in [0.25, 0.3) is 5.91 Å². The molecule has 4 rings (SSSR count). The molecule has 9 heteroatoms. The number of nitrogens with zero attached hydrogens (tertiary/aromatic N) is 3. The second kappa shape index (κ2) is 7.20. The number of aromatic nitrogens is 3. The van der Waals surface area contributed by atoms with Crippen molar-refractivity contribution in [2.75, 3.05) is 12.4 Å². The lowest BCUT2D eigenvalue weighted by Gasteiger charge is -2.07. The van der Waals surface area contributed by atoms with Crippen LogP contribution in [0.25, 0.3) is 22.2 Å². The number of oxazole rings is 1. The van der Waals surface area contributed by atoms with E-state index < -0.39 is 5.97 Å². The lowest BCUT2D eigenvalue weighted by atomic mass is 9.99. The Hall–Kier alpha value is -3.59. The highest BCUT2D eigenvalue weighted by molar-refractivity contribution is 7.08. The number of hydrogen-bond donors (Lipinski definition) is 1. The molecule has 2 aromatic heterocycles. The van der Waals surface area contributed by atoms with Gasteiger partial charge in [0, 0.05) is 0 Å². The quantitative estimate of drug-likeness (QED) is 0.526. The van der Waals surface area contributed by atoms with Crippen molar-refractivity contribution < 1.29 is 18.7 Å². The van der Waals surface area contributed by atoms with Crippen LogP contribution in [-0.2, 0) is 4.74 Å². The van der Waals surface area contributed by atoms with Crippen molar-refractivity contribution in [3.8, 4) is 11.1 Å². The van der Waals surface area contributed by atoms with E-state index in [1.54, 1.807) is 31.2 Å². The largest absolute Gasteiger partial charge is 0.465 e. The highest BCUT2D eigenvalue weighted by Gasteiger charge is 2.17. The first-order valence-corrected chi connectivity index (χ1v) is 9.03. The highest BCUT2D eigenvalue weighted by Crippen LogP contribution is 2.29. The van der Waals surface area contributed by atoms with Crippen LogP contribution < -0.4 is 5.32 Å². The SMILES string of the molecule is COC(=O)c1ccccc1-c1ccc2oc(NC(=O)c3snnc3C)nc2c1. The van der Waals surface area contributed by atoms with Crippen LogP contribution in [0, 0.1) is 6.92 Å². The molecule has 0 spiro atoms. The van der Waals surface area contributed by atoms with Crippen molar-refractivity contribution in [1.82, 2.24) is 14.6 Å². The van der Waals surface area contributed by atoms with E-state index in [0.717, 1.165) is 22.7 Å². The van der Waals surface area contributed by atoms with Crippen molar-refractivity contribution in [3.63, 3.8) is 0 Å². The monoisotopic (exact) mass is 394 g/mol. The smallest absolute Gasteiger partial charge is 0.338 e. The number of nitrogens with one attached hydrogen (secondary N) is 1. The molecular formula is C19H14N4O4S. The minimum absolute atomic E-state index is 0.0752. The van der Waals surface area contributed by atoms with Gasteiger partial charge in [0.15, 0.2) is 5.58 Å². The summed E-state index contributed by atoms with van der Waals surface area (Å²) in [4.78, 5) is 29.0. The number of anilines is 1. The van der Waals surface area contributed by atoms with Gasteiger partial charge in [-0.05, 0) is 47.8 Å². The molecule has 0 bridgehead atoms.